The number of amides is 1. The maximum absolute atomic E-state index is 12.6. The van der Waals surface area contributed by atoms with E-state index in [-0.39, 0.29) is 12.0 Å². The molecule has 6 nitrogen and oxygen atoms in total. The molecule has 126 valence electrons. The Kier molecular flexibility index (Phi) is 4.16. The molecule has 0 radical (unpaired) electrons. The first kappa shape index (κ1) is 15.4. The predicted molar refractivity (Wildman–Crippen MR) is 92.3 cm³/mol. The van der Waals surface area contributed by atoms with E-state index in [4.69, 9.17) is 4.74 Å². The van der Waals surface area contributed by atoms with Gasteiger partial charge in [-0.05, 0) is 29.8 Å². The number of rotatable bonds is 5. The molecule has 0 aliphatic carbocycles. The molecule has 2 aromatic heterocycles. The van der Waals surface area contributed by atoms with Gasteiger partial charge in [0.2, 0.25) is 0 Å². The lowest BCUT2D eigenvalue weighted by atomic mass is 10.1. The summed E-state index contributed by atoms with van der Waals surface area (Å²) in [6.07, 6.45) is 8.86. The normalized spacial score (nSPS) is 14.2. The quantitative estimate of drug-likeness (QED) is 0.718. The van der Waals surface area contributed by atoms with Crippen molar-refractivity contribution in [3.63, 3.8) is 0 Å². The summed E-state index contributed by atoms with van der Waals surface area (Å²) < 4.78 is 7.79. The van der Waals surface area contributed by atoms with Gasteiger partial charge >= 0.3 is 0 Å². The van der Waals surface area contributed by atoms with E-state index in [1.807, 2.05) is 52.1 Å². The van der Waals surface area contributed by atoms with Crippen molar-refractivity contribution in [1.82, 2.24) is 19.4 Å². The summed E-state index contributed by atoms with van der Waals surface area (Å²) in [5.74, 6) is 0.830. The molecule has 0 atom stereocenters. The highest BCUT2D eigenvalue weighted by Crippen LogP contribution is 2.20. The number of carbonyl (C=O) groups is 1. The molecule has 1 aliphatic rings. The molecular weight excluding hydrogens is 316 g/mol. The average molecular weight is 334 g/mol. The maximum atomic E-state index is 12.6. The Hall–Kier alpha value is -3.15. The molecule has 1 saturated heterocycles. The van der Waals surface area contributed by atoms with Crippen LogP contribution in [-0.2, 0) is 6.54 Å². The lowest BCUT2D eigenvalue weighted by Gasteiger charge is -2.39. The van der Waals surface area contributed by atoms with Gasteiger partial charge in [-0.25, -0.2) is 4.98 Å². The second-order valence-corrected chi connectivity index (χ2v) is 6.07. The minimum Gasteiger partial charge on any atom is -0.487 e. The summed E-state index contributed by atoms with van der Waals surface area (Å²) in [5, 5.41) is 0. The van der Waals surface area contributed by atoms with Crippen LogP contribution in [0.15, 0.2) is 67.5 Å². The number of pyridine rings is 1. The fourth-order valence-electron chi connectivity index (χ4n) is 2.86. The maximum Gasteiger partial charge on any atom is 0.254 e. The zero-order valence-corrected chi connectivity index (χ0v) is 13.7. The van der Waals surface area contributed by atoms with Crippen molar-refractivity contribution in [2.24, 2.45) is 0 Å². The van der Waals surface area contributed by atoms with Crippen LogP contribution < -0.4 is 4.74 Å². The smallest absolute Gasteiger partial charge is 0.254 e. The van der Waals surface area contributed by atoms with Gasteiger partial charge in [0.05, 0.1) is 19.4 Å². The fourth-order valence-corrected chi connectivity index (χ4v) is 2.86. The Morgan fingerprint density at radius 3 is 2.72 bits per heavy atom. The van der Waals surface area contributed by atoms with E-state index in [1.165, 1.54) is 0 Å². The van der Waals surface area contributed by atoms with E-state index in [2.05, 4.69) is 9.97 Å². The number of aromatic nitrogens is 3. The zero-order chi connectivity index (χ0) is 17.1. The molecule has 1 fully saturated rings. The molecule has 0 bridgehead atoms. The Morgan fingerprint density at radius 2 is 1.96 bits per heavy atom. The number of nitrogens with zero attached hydrogens (tertiary/aromatic N) is 4. The molecule has 1 aliphatic heterocycles. The van der Waals surface area contributed by atoms with Gasteiger partial charge in [-0.15, -0.1) is 0 Å². The first-order chi connectivity index (χ1) is 12.3. The number of imidazole rings is 1. The molecule has 1 aromatic carbocycles. The number of hydrogen-bond donors (Lipinski definition) is 0. The summed E-state index contributed by atoms with van der Waals surface area (Å²) >= 11 is 0. The van der Waals surface area contributed by atoms with E-state index in [9.17, 15) is 4.79 Å². The predicted octanol–water partition coefficient (Wildman–Crippen LogP) is 2.23. The SMILES string of the molecule is O=C(c1cccc(Cn2ccnc2)c1)N1CC(Oc2ccncc2)C1. The van der Waals surface area contributed by atoms with Gasteiger partial charge in [-0.2, -0.15) is 0 Å². The van der Waals surface area contributed by atoms with Crippen molar-refractivity contribution in [3.05, 3.63) is 78.6 Å². The third-order valence-electron chi connectivity index (χ3n) is 4.19. The van der Waals surface area contributed by atoms with Gasteiger partial charge in [0, 0.05) is 36.9 Å². The van der Waals surface area contributed by atoms with Crippen LogP contribution in [0, 0.1) is 0 Å². The number of carbonyl (C=O) groups excluding carboxylic acids is 1. The molecule has 0 N–H and O–H groups in total. The minimum atomic E-state index is 0.0421. The minimum absolute atomic E-state index is 0.0421. The molecule has 3 aromatic rings. The molecule has 0 spiro atoms. The van der Waals surface area contributed by atoms with Crippen molar-refractivity contribution < 1.29 is 9.53 Å². The standard InChI is InChI=1S/C19H18N4O2/c24-19(23-12-18(13-23)25-17-4-6-20-7-5-17)16-3-1-2-15(10-16)11-22-9-8-21-14-22/h1-10,14,18H,11-13H2. The highest BCUT2D eigenvalue weighted by atomic mass is 16.5. The van der Waals surface area contributed by atoms with Crippen LogP contribution in [-0.4, -0.2) is 44.5 Å². The number of benzene rings is 1. The van der Waals surface area contributed by atoms with Crippen molar-refractivity contribution in [2.75, 3.05) is 13.1 Å². The molecular formula is C19H18N4O2. The van der Waals surface area contributed by atoms with E-state index >= 15 is 0 Å². The van der Waals surface area contributed by atoms with Crippen molar-refractivity contribution in [2.45, 2.75) is 12.6 Å². The Bertz CT molecular complexity index is 843. The molecule has 25 heavy (non-hydrogen) atoms. The summed E-state index contributed by atoms with van der Waals surface area (Å²) in [4.78, 5) is 22.4. The third-order valence-corrected chi connectivity index (χ3v) is 4.19. The van der Waals surface area contributed by atoms with Gasteiger partial charge in [0.15, 0.2) is 0 Å². The third kappa shape index (κ3) is 3.52. The fraction of sp³-hybridized carbons (Fsp3) is 0.211. The van der Waals surface area contributed by atoms with E-state index in [1.54, 1.807) is 24.9 Å². The zero-order valence-electron chi connectivity index (χ0n) is 13.7. The highest BCUT2D eigenvalue weighted by molar-refractivity contribution is 5.95. The van der Waals surface area contributed by atoms with E-state index < -0.39 is 0 Å². The molecule has 1 amide bonds. The van der Waals surface area contributed by atoms with Crippen LogP contribution >= 0.6 is 0 Å². The van der Waals surface area contributed by atoms with Crippen molar-refractivity contribution in [1.29, 1.82) is 0 Å². The van der Waals surface area contributed by atoms with E-state index in [0.717, 1.165) is 11.3 Å². The van der Waals surface area contributed by atoms with Crippen molar-refractivity contribution in [3.8, 4) is 5.75 Å². The molecule has 4 rings (SSSR count). The summed E-state index contributed by atoms with van der Waals surface area (Å²) in [6, 6.07) is 11.4. The van der Waals surface area contributed by atoms with E-state index in [0.29, 0.717) is 25.2 Å². The van der Waals surface area contributed by atoms with Gasteiger partial charge in [0.25, 0.3) is 5.91 Å². The second-order valence-electron chi connectivity index (χ2n) is 6.07. The van der Waals surface area contributed by atoms with Gasteiger partial charge in [-0.1, -0.05) is 12.1 Å². The first-order valence-corrected chi connectivity index (χ1v) is 8.18. The van der Waals surface area contributed by atoms with Crippen LogP contribution in [0.1, 0.15) is 15.9 Å². The molecule has 6 heteroatoms. The van der Waals surface area contributed by atoms with Crippen molar-refractivity contribution >= 4 is 5.91 Å². The van der Waals surface area contributed by atoms with Gasteiger partial charge in [-0.3, -0.25) is 9.78 Å². The topological polar surface area (TPSA) is 60.2 Å². The van der Waals surface area contributed by atoms with Gasteiger partial charge in [0.1, 0.15) is 11.9 Å². The molecule has 3 heterocycles. The molecule has 0 saturated carbocycles. The largest absolute Gasteiger partial charge is 0.487 e. The summed E-state index contributed by atoms with van der Waals surface area (Å²) in [7, 11) is 0. The lowest BCUT2D eigenvalue weighted by Crippen LogP contribution is -2.56. The van der Waals surface area contributed by atoms with Crippen LogP contribution in [0.5, 0.6) is 5.75 Å². The number of likely N-dealkylation sites (tertiary alicyclic amines) is 1. The number of ether oxygens (including phenoxy) is 1. The monoisotopic (exact) mass is 334 g/mol. The Labute approximate surface area is 145 Å². The highest BCUT2D eigenvalue weighted by Gasteiger charge is 2.32. The Balaban J connectivity index is 1.36. The second kappa shape index (κ2) is 6.76. The van der Waals surface area contributed by atoms with Crippen LogP contribution in [0.25, 0.3) is 0 Å². The summed E-state index contributed by atoms with van der Waals surface area (Å²) in [6.45, 7) is 1.91. The Morgan fingerprint density at radius 1 is 1.12 bits per heavy atom. The number of hydrogen-bond acceptors (Lipinski definition) is 4. The van der Waals surface area contributed by atoms with Crippen LogP contribution in [0.2, 0.25) is 0 Å². The first-order valence-electron chi connectivity index (χ1n) is 8.18. The van der Waals surface area contributed by atoms with Crippen LogP contribution in [0.3, 0.4) is 0 Å². The lowest BCUT2D eigenvalue weighted by molar-refractivity contribution is 0.0177. The van der Waals surface area contributed by atoms with Crippen LogP contribution in [0.4, 0.5) is 0 Å². The summed E-state index contributed by atoms with van der Waals surface area (Å²) in [5.41, 5.74) is 1.79. The molecule has 0 unspecified atom stereocenters. The van der Waals surface area contributed by atoms with Gasteiger partial charge < -0.3 is 14.2 Å². The average Bonchev–Trinajstić information content (AvgIpc) is 3.11.